The van der Waals surface area contributed by atoms with Crippen LogP contribution in [-0.2, 0) is 0 Å². The van der Waals surface area contributed by atoms with Crippen LogP contribution in [0.5, 0.6) is 0 Å². The lowest BCUT2D eigenvalue weighted by molar-refractivity contribution is 1.25. The van der Waals surface area contributed by atoms with Crippen LogP contribution in [0.3, 0.4) is 0 Å². The van der Waals surface area contributed by atoms with E-state index in [4.69, 9.17) is 5.73 Å². The summed E-state index contributed by atoms with van der Waals surface area (Å²) >= 11 is 0. The summed E-state index contributed by atoms with van der Waals surface area (Å²) in [6.07, 6.45) is 4.09. The van der Waals surface area contributed by atoms with Crippen molar-refractivity contribution in [1.82, 2.24) is 0 Å². The maximum absolute atomic E-state index is 5.42. The van der Waals surface area contributed by atoms with Crippen molar-refractivity contribution in [1.29, 1.82) is 0 Å². The Hall–Kier alpha value is -1.08. The molecule has 0 saturated heterocycles. The van der Waals surface area contributed by atoms with Crippen molar-refractivity contribution in [3.05, 3.63) is 40.5 Å². The third kappa shape index (κ3) is 2.43. The monoisotopic (exact) mass is 175 g/mol. The van der Waals surface area contributed by atoms with Crippen LogP contribution in [0, 0.1) is 20.8 Å². The van der Waals surface area contributed by atoms with E-state index in [2.05, 4.69) is 39.0 Å². The van der Waals surface area contributed by atoms with Crippen molar-refractivity contribution in [3.63, 3.8) is 0 Å². The smallest absolute Gasteiger partial charge is 0.0110 e. The number of rotatable bonds is 2. The zero-order chi connectivity index (χ0) is 9.84. The standard InChI is InChI=1S/C12H17N/c1-9-7-10(2)12(5-4-6-13)11(3)8-9/h4-5,7-8H,6,13H2,1-3H3/b5-4+. The lowest BCUT2D eigenvalue weighted by Crippen LogP contribution is -1.93. The highest BCUT2D eigenvalue weighted by Crippen LogP contribution is 2.17. The number of hydrogen-bond donors (Lipinski definition) is 1. The first kappa shape index (κ1) is 10.0. The summed E-state index contributed by atoms with van der Waals surface area (Å²) in [5.41, 5.74) is 10.7. The third-order valence-electron chi connectivity index (χ3n) is 2.16. The van der Waals surface area contributed by atoms with Gasteiger partial charge in [0.25, 0.3) is 0 Å². The lowest BCUT2D eigenvalue weighted by atomic mass is 9.99. The Bertz CT molecular complexity index is 301. The number of nitrogens with two attached hydrogens (primary N) is 1. The van der Waals surface area contributed by atoms with Gasteiger partial charge in [-0.1, -0.05) is 29.8 Å². The van der Waals surface area contributed by atoms with Gasteiger partial charge in [-0.15, -0.1) is 0 Å². The van der Waals surface area contributed by atoms with E-state index in [9.17, 15) is 0 Å². The van der Waals surface area contributed by atoms with Gasteiger partial charge in [0.2, 0.25) is 0 Å². The van der Waals surface area contributed by atoms with Gasteiger partial charge in [0.15, 0.2) is 0 Å². The Labute approximate surface area is 80.3 Å². The Morgan fingerprint density at radius 2 is 1.69 bits per heavy atom. The average Bonchev–Trinajstić information content (AvgIpc) is 2.02. The van der Waals surface area contributed by atoms with Gasteiger partial charge in [-0.2, -0.15) is 0 Å². The predicted octanol–water partition coefficient (Wildman–Crippen LogP) is 2.58. The molecule has 0 unspecified atom stereocenters. The first-order chi connectivity index (χ1) is 6.15. The maximum Gasteiger partial charge on any atom is 0.0110 e. The molecular weight excluding hydrogens is 158 g/mol. The number of hydrogen-bond acceptors (Lipinski definition) is 1. The van der Waals surface area contributed by atoms with Gasteiger partial charge in [0.1, 0.15) is 0 Å². The average molecular weight is 175 g/mol. The molecule has 0 amide bonds. The molecule has 0 aliphatic carbocycles. The molecule has 1 nitrogen and oxygen atoms in total. The Kier molecular flexibility index (Phi) is 3.26. The van der Waals surface area contributed by atoms with Gasteiger partial charge in [-0.25, -0.2) is 0 Å². The minimum atomic E-state index is 0.604. The summed E-state index contributed by atoms with van der Waals surface area (Å²) in [5, 5.41) is 0. The molecule has 0 aliphatic rings. The number of benzene rings is 1. The minimum absolute atomic E-state index is 0.604. The summed E-state index contributed by atoms with van der Waals surface area (Å²) in [4.78, 5) is 0. The van der Waals surface area contributed by atoms with Gasteiger partial charge >= 0.3 is 0 Å². The van der Waals surface area contributed by atoms with E-state index >= 15 is 0 Å². The summed E-state index contributed by atoms with van der Waals surface area (Å²) in [6, 6.07) is 4.40. The summed E-state index contributed by atoms with van der Waals surface area (Å²) in [5.74, 6) is 0. The van der Waals surface area contributed by atoms with E-state index in [1.807, 2.05) is 6.08 Å². The number of aryl methyl sites for hydroxylation is 3. The van der Waals surface area contributed by atoms with E-state index in [-0.39, 0.29) is 0 Å². The molecule has 0 saturated carbocycles. The molecule has 1 aromatic rings. The van der Waals surface area contributed by atoms with Crippen molar-refractivity contribution in [2.75, 3.05) is 6.54 Å². The molecule has 0 spiro atoms. The van der Waals surface area contributed by atoms with Crippen molar-refractivity contribution >= 4 is 6.08 Å². The van der Waals surface area contributed by atoms with Gasteiger partial charge in [-0.3, -0.25) is 0 Å². The summed E-state index contributed by atoms with van der Waals surface area (Å²) < 4.78 is 0. The second-order valence-electron chi connectivity index (χ2n) is 3.45. The van der Waals surface area contributed by atoms with Crippen molar-refractivity contribution < 1.29 is 0 Å². The van der Waals surface area contributed by atoms with Crippen LogP contribution in [0.25, 0.3) is 6.08 Å². The zero-order valence-electron chi connectivity index (χ0n) is 8.59. The molecule has 0 fully saturated rings. The fourth-order valence-corrected chi connectivity index (χ4v) is 1.64. The highest BCUT2D eigenvalue weighted by atomic mass is 14.5. The minimum Gasteiger partial charge on any atom is -0.327 e. The van der Waals surface area contributed by atoms with E-state index in [0.29, 0.717) is 6.54 Å². The Balaban J connectivity index is 3.13. The molecule has 1 heteroatoms. The Morgan fingerprint density at radius 1 is 1.15 bits per heavy atom. The fourth-order valence-electron chi connectivity index (χ4n) is 1.64. The molecule has 70 valence electrons. The molecule has 0 heterocycles. The van der Waals surface area contributed by atoms with Crippen molar-refractivity contribution in [2.45, 2.75) is 20.8 Å². The predicted molar refractivity (Wildman–Crippen MR) is 58.7 cm³/mol. The quantitative estimate of drug-likeness (QED) is 0.734. The Morgan fingerprint density at radius 3 is 2.15 bits per heavy atom. The second-order valence-corrected chi connectivity index (χ2v) is 3.45. The van der Waals surface area contributed by atoms with Crippen molar-refractivity contribution in [3.8, 4) is 0 Å². The van der Waals surface area contributed by atoms with Crippen LogP contribution < -0.4 is 5.73 Å². The second kappa shape index (κ2) is 4.24. The molecule has 1 aromatic carbocycles. The molecule has 1 rings (SSSR count). The van der Waals surface area contributed by atoms with Gasteiger partial charge < -0.3 is 5.73 Å². The van der Waals surface area contributed by atoms with E-state index in [1.54, 1.807) is 0 Å². The largest absolute Gasteiger partial charge is 0.327 e. The van der Waals surface area contributed by atoms with Crippen LogP contribution in [0.1, 0.15) is 22.3 Å². The van der Waals surface area contributed by atoms with Crippen molar-refractivity contribution in [2.24, 2.45) is 5.73 Å². The first-order valence-electron chi connectivity index (χ1n) is 4.59. The van der Waals surface area contributed by atoms with Crippen LogP contribution in [0.15, 0.2) is 18.2 Å². The first-order valence-corrected chi connectivity index (χ1v) is 4.59. The van der Waals surface area contributed by atoms with Crippen LogP contribution >= 0.6 is 0 Å². The van der Waals surface area contributed by atoms with E-state index in [1.165, 1.54) is 22.3 Å². The zero-order valence-corrected chi connectivity index (χ0v) is 8.59. The summed E-state index contributed by atoms with van der Waals surface area (Å²) in [6.45, 7) is 7.00. The van der Waals surface area contributed by atoms with E-state index < -0.39 is 0 Å². The highest BCUT2D eigenvalue weighted by Gasteiger charge is 1.98. The maximum atomic E-state index is 5.42. The topological polar surface area (TPSA) is 26.0 Å². The molecule has 13 heavy (non-hydrogen) atoms. The normalized spacial score (nSPS) is 11.1. The molecular formula is C12H17N. The molecule has 0 radical (unpaired) electrons. The highest BCUT2D eigenvalue weighted by molar-refractivity contribution is 5.58. The fraction of sp³-hybridized carbons (Fsp3) is 0.333. The van der Waals surface area contributed by atoms with Gasteiger partial charge in [-0.05, 0) is 37.5 Å². The summed E-state index contributed by atoms with van der Waals surface area (Å²) in [7, 11) is 0. The third-order valence-corrected chi connectivity index (χ3v) is 2.16. The van der Waals surface area contributed by atoms with Crippen LogP contribution in [0.4, 0.5) is 0 Å². The van der Waals surface area contributed by atoms with Gasteiger partial charge in [0, 0.05) is 6.54 Å². The SMILES string of the molecule is Cc1cc(C)c(/C=C/CN)c(C)c1. The molecule has 0 atom stereocenters. The molecule has 0 aliphatic heterocycles. The lowest BCUT2D eigenvalue weighted by Gasteiger charge is -2.06. The van der Waals surface area contributed by atoms with E-state index in [0.717, 1.165) is 0 Å². The van der Waals surface area contributed by atoms with Gasteiger partial charge in [0.05, 0.1) is 0 Å². The molecule has 2 N–H and O–H groups in total. The molecule has 0 bridgehead atoms. The van der Waals surface area contributed by atoms with Crippen LogP contribution in [0.2, 0.25) is 0 Å². The van der Waals surface area contributed by atoms with Crippen LogP contribution in [-0.4, -0.2) is 6.54 Å². The molecule has 0 aromatic heterocycles.